The van der Waals surface area contributed by atoms with Crippen LogP contribution in [0.15, 0.2) is 48.5 Å². The zero-order chi connectivity index (χ0) is 22.5. The molecule has 2 amide bonds. The number of rotatable bonds is 5. The lowest BCUT2D eigenvalue weighted by Crippen LogP contribution is -2.22. The summed E-state index contributed by atoms with van der Waals surface area (Å²) in [7, 11) is 0. The topological polar surface area (TPSA) is 97.4 Å². The Balaban J connectivity index is 1.47. The molecule has 0 bridgehead atoms. The van der Waals surface area contributed by atoms with Crippen LogP contribution in [0.3, 0.4) is 0 Å². The standard InChI is InChI=1S/C25H25N3O4/c1-16(29)26-17-11-13-18(14-12-17)27-23(30)15-32-25(31)24-19-7-3-2-4-9-21(19)28-22-10-6-5-8-20(22)24/h5-6,8,10-14H,2-4,7,9,15H2,1H3,(H,26,29)(H,27,30). The van der Waals surface area contributed by atoms with E-state index in [-0.39, 0.29) is 5.91 Å². The lowest BCUT2D eigenvalue weighted by molar-refractivity contribution is -0.119. The van der Waals surface area contributed by atoms with E-state index in [9.17, 15) is 14.4 Å². The molecule has 0 atom stereocenters. The fourth-order valence-electron chi connectivity index (χ4n) is 4.02. The van der Waals surface area contributed by atoms with Gasteiger partial charge in [0.25, 0.3) is 5.91 Å². The molecule has 7 nitrogen and oxygen atoms in total. The number of pyridine rings is 1. The number of benzene rings is 2. The predicted octanol–water partition coefficient (Wildman–Crippen LogP) is 4.26. The molecule has 7 heteroatoms. The predicted molar refractivity (Wildman–Crippen MR) is 123 cm³/mol. The van der Waals surface area contributed by atoms with Gasteiger partial charge in [-0.25, -0.2) is 4.79 Å². The number of nitrogens with one attached hydrogen (secondary N) is 2. The van der Waals surface area contributed by atoms with E-state index in [0.29, 0.717) is 16.9 Å². The van der Waals surface area contributed by atoms with Crippen molar-refractivity contribution < 1.29 is 19.1 Å². The van der Waals surface area contributed by atoms with Crippen LogP contribution in [0.4, 0.5) is 11.4 Å². The molecule has 1 heterocycles. The summed E-state index contributed by atoms with van der Waals surface area (Å²) >= 11 is 0. The zero-order valence-electron chi connectivity index (χ0n) is 17.9. The number of carbonyl (C=O) groups excluding carboxylic acids is 3. The van der Waals surface area contributed by atoms with Gasteiger partial charge in [-0.05, 0) is 61.6 Å². The number of hydrogen-bond acceptors (Lipinski definition) is 5. The average molecular weight is 431 g/mol. The number of hydrogen-bond donors (Lipinski definition) is 2. The maximum absolute atomic E-state index is 13.1. The van der Waals surface area contributed by atoms with Gasteiger partial charge >= 0.3 is 5.97 Å². The average Bonchev–Trinajstić information content (AvgIpc) is 3.02. The molecular weight excluding hydrogens is 406 g/mol. The van der Waals surface area contributed by atoms with Crippen molar-refractivity contribution in [2.24, 2.45) is 0 Å². The normalized spacial score (nSPS) is 13.0. The van der Waals surface area contributed by atoms with Crippen molar-refractivity contribution in [2.75, 3.05) is 17.2 Å². The lowest BCUT2D eigenvalue weighted by Gasteiger charge is -2.15. The van der Waals surface area contributed by atoms with Gasteiger partial charge in [0.2, 0.25) is 5.91 Å². The van der Waals surface area contributed by atoms with Crippen LogP contribution in [0, 0.1) is 0 Å². The smallest absolute Gasteiger partial charge is 0.339 e. The lowest BCUT2D eigenvalue weighted by atomic mass is 9.97. The van der Waals surface area contributed by atoms with Crippen LogP contribution < -0.4 is 10.6 Å². The Morgan fingerprint density at radius 2 is 1.59 bits per heavy atom. The minimum Gasteiger partial charge on any atom is -0.452 e. The Morgan fingerprint density at radius 1 is 0.906 bits per heavy atom. The van der Waals surface area contributed by atoms with Crippen LogP contribution in [0.5, 0.6) is 0 Å². The minimum absolute atomic E-state index is 0.171. The summed E-state index contributed by atoms with van der Waals surface area (Å²) in [5.41, 5.74) is 4.37. The first-order chi connectivity index (χ1) is 15.5. The molecule has 4 rings (SSSR count). The molecule has 0 fully saturated rings. The number of nitrogens with zero attached hydrogens (tertiary/aromatic N) is 1. The van der Waals surface area contributed by atoms with E-state index in [0.717, 1.165) is 54.3 Å². The maximum Gasteiger partial charge on any atom is 0.339 e. The SMILES string of the molecule is CC(=O)Nc1ccc(NC(=O)COC(=O)c2c3c(nc4ccccc24)CCCCC3)cc1. The van der Waals surface area contributed by atoms with Crippen molar-refractivity contribution in [1.82, 2.24) is 4.98 Å². The molecule has 0 saturated heterocycles. The first kappa shape index (κ1) is 21.5. The number of amides is 2. The summed E-state index contributed by atoms with van der Waals surface area (Å²) in [5.74, 6) is -1.11. The monoisotopic (exact) mass is 431 g/mol. The number of esters is 1. The number of aryl methyl sites for hydroxylation is 1. The van der Waals surface area contributed by atoms with Gasteiger partial charge < -0.3 is 15.4 Å². The van der Waals surface area contributed by atoms with Gasteiger partial charge in [-0.15, -0.1) is 0 Å². The van der Waals surface area contributed by atoms with E-state index in [4.69, 9.17) is 9.72 Å². The third-order valence-corrected chi connectivity index (χ3v) is 5.45. The Hall–Kier alpha value is -3.74. The molecule has 0 spiro atoms. The number of anilines is 2. The summed E-state index contributed by atoms with van der Waals surface area (Å²) in [4.78, 5) is 41.3. The van der Waals surface area contributed by atoms with Crippen LogP contribution in [0.1, 0.15) is 47.8 Å². The van der Waals surface area contributed by atoms with E-state index in [2.05, 4.69) is 10.6 Å². The van der Waals surface area contributed by atoms with Gasteiger partial charge in [-0.3, -0.25) is 14.6 Å². The van der Waals surface area contributed by atoms with Crippen molar-refractivity contribution in [3.63, 3.8) is 0 Å². The Bertz CT molecular complexity index is 1170. The number of carbonyl (C=O) groups is 3. The van der Waals surface area contributed by atoms with Gasteiger partial charge in [0, 0.05) is 29.4 Å². The Morgan fingerprint density at radius 3 is 2.34 bits per heavy atom. The second-order valence-electron chi connectivity index (χ2n) is 7.87. The Kier molecular flexibility index (Phi) is 6.44. The molecule has 0 aliphatic heterocycles. The second-order valence-corrected chi connectivity index (χ2v) is 7.87. The van der Waals surface area contributed by atoms with E-state index in [1.807, 2.05) is 24.3 Å². The van der Waals surface area contributed by atoms with Crippen molar-refractivity contribution in [3.05, 3.63) is 65.4 Å². The van der Waals surface area contributed by atoms with Crippen LogP contribution in [-0.2, 0) is 27.2 Å². The minimum atomic E-state index is -0.502. The number of ether oxygens (including phenoxy) is 1. The molecule has 0 unspecified atom stereocenters. The van der Waals surface area contributed by atoms with Crippen molar-refractivity contribution in [3.8, 4) is 0 Å². The fourth-order valence-corrected chi connectivity index (χ4v) is 4.02. The van der Waals surface area contributed by atoms with Gasteiger partial charge in [0.1, 0.15) is 0 Å². The van der Waals surface area contributed by atoms with Gasteiger partial charge in [0.05, 0.1) is 11.1 Å². The van der Waals surface area contributed by atoms with Crippen LogP contribution in [0.25, 0.3) is 10.9 Å². The van der Waals surface area contributed by atoms with Crippen LogP contribution >= 0.6 is 0 Å². The molecular formula is C25H25N3O4. The van der Waals surface area contributed by atoms with Gasteiger partial charge in [-0.1, -0.05) is 24.6 Å². The molecule has 32 heavy (non-hydrogen) atoms. The largest absolute Gasteiger partial charge is 0.452 e. The quantitative estimate of drug-likeness (QED) is 0.465. The third kappa shape index (κ3) is 4.94. The van der Waals surface area contributed by atoms with Crippen molar-refractivity contribution in [2.45, 2.75) is 39.0 Å². The molecule has 2 N–H and O–H groups in total. The summed E-state index contributed by atoms with van der Waals surface area (Å²) < 4.78 is 5.42. The van der Waals surface area contributed by atoms with Crippen molar-refractivity contribution in [1.29, 1.82) is 0 Å². The van der Waals surface area contributed by atoms with E-state index < -0.39 is 18.5 Å². The van der Waals surface area contributed by atoms with E-state index >= 15 is 0 Å². The molecule has 1 aliphatic carbocycles. The first-order valence-electron chi connectivity index (χ1n) is 10.8. The van der Waals surface area contributed by atoms with Crippen LogP contribution in [-0.4, -0.2) is 29.4 Å². The molecule has 3 aromatic rings. The zero-order valence-corrected chi connectivity index (χ0v) is 17.9. The van der Waals surface area contributed by atoms with Crippen LogP contribution in [0.2, 0.25) is 0 Å². The highest BCUT2D eigenvalue weighted by molar-refractivity contribution is 6.06. The van der Waals surface area contributed by atoms with Gasteiger partial charge in [-0.2, -0.15) is 0 Å². The van der Waals surface area contributed by atoms with Gasteiger partial charge in [0.15, 0.2) is 6.61 Å². The fraction of sp³-hybridized carbons (Fsp3) is 0.280. The molecule has 164 valence electrons. The summed E-state index contributed by atoms with van der Waals surface area (Å²) in [6.45, 7) is 1.03. The molecule has 0 radical (unpaired) electrons. The number of fused-ring (bicyclic) bond motifs is 2. The van der Waals surface area contributed by atoms with Crippen molar-refractivity contribution >= 4 is 40.1 Å². The number of aromatic nitrogens is 1. The summed E-state index contributed by atoms with van der Waals surface area (Å²) in [6, 6.07) is 14.3. The second kappa shape index (κ2) is 9.60. The highest BCUT2D eigenvalue weighted by atomic mass is 16.5. The number of para-hydroxylation sites is 1. The first-order valence-corrected chi connectivity index (χ1v) is 10.8. The molecule has 0 saturated carbocycles. The molecule has 1 aliphatic rings. The third-order valence-electron chi connectivity index (χ3n) is 5.45. The summed E-state index contributed by atoms with van der Waals surface area (Å²) in [5, 5.41) is 6.12. The van der Waals surface area contributed by atoms with E-state index in [1.54, 1.807) is 24.3 Å². The molecule has 1 aromatic heterocycles. The van der Waals surface area contributed by atoms with E-state index in [1.165, 1.54) is 6.92 Å². The maximum atomic E-state index is 13.1. The highest BCUT2D eigenvalue weighted by Gasteiger charge is 2.23. The Labute approximate surface area is 186 Å². The highest BCUT2D eigenvalue weighted by Crippen LogP contribution is 2.29. The molecule has 2 aromatic carbocycles. The summed E-state index contributed by atoms with van der Waals surface area (Å²) in [6.07, 6.45) is 4.78.